The van der Waals surface area contributed by atoms with E-state index in [0.717, 1.165) is 29.4 Å². The predicted octanol–water partition coefficient (Wildman–Crippen LogP) is 2.31. The molecule has 4 heteroatoms. The number of benzene rings is 1. The third-order valence-electron chi connectivity index (χ3n) is 3.41. The first kappa shape index (κ1) is 10.2. The topological polar surface area (TPSA) is 62.5 Å². The number of aromatic hydroxyl groups is 1. The monoisotopic (exact) mass is 231 g/mol. The number of hydrogen-bond acceptors (Lipinski definition) is 2. The molecule has 0 fully saturated rings. The Morgan fingerprint density at radius 2 is 2.18 bits per heavy atom. The number of carboxylic acids is 1. The summed E-state index contributed by atoms with van der Waals surface area (Å²) in [4.78, 5) is 11.3. The highest BCUT2D eigenvalue weighted by molar-refractivity contribution is 5.85. The summed E-state index contributed by atoms with van der Waals surface area (Å²) in [5, 5.41) is 19.8. The zero-order valence-corrected chi connectivity index (χ0v) is 9.26. The molecule has 2 heterocycles. The number of aliphatic carboxylic acids is 1. The van der Waals surface area contributed by atoms with Gasteiger partial charge in [-0.2, -0.15) is 0 Å². The van der Waals surface area contributed by atoms with Gasteiger partial charge in [0.2, 0.25) is 0 Å². The van der Waals surface area contributed by atoms with Crippen molar-refractivity contribution in [1.29, 1.82) is 0 Å². The van der Waals surface area contributed by atoms with E-state index in [1.165, 1.54) is 0 Å². The van der Waals surface area contributed by atoms with Gasteiger partial charge in [-0.3, -0.25) is 0 Å². The van der Waals surface area contributed by atoms with Crippen molar-refractivity contribution in [2.45, 2.75) is 25.3 Å². The number of rotatable bonds is 1. The lowest BCUT2D eigenvalue weighted by Gasteiger charge is -2.23. The fourth-order valence-electron chi connectivity index (χ4n) is 2.67. The van der Waals surface area contributed by atoms with Crippen LogP contribution in [0.3, 0.4) is 0 Å². The second-order valence-electron chi connectivity index (χ2n) is 4.50. The van der Waals surface area contributed by atoms with E-state index >= 15 is 0 Å². The lowest BCUT2D eigenvalue weighted by Crippen LogP contribution is -2.24. The molecular formula is C13H13NO3. The molecule has 1 aromatic carbocycles. The molecule has 0 radical (unpaired) electrons. The van der Waals surface area contributed by atoms with Crippen LogP contribution >= 0.6 is 0 Å². The van der Waals surface area contributed by atoms with E-state index in [4.69, 9.17) is 0 Å². The summed E-state index contributed by atoms with van der Waals surface area (Å²) >= 11 is 0. The van der Waals surface area contributed by atoms with Gasteiger partial charge in [0.05, 0.1) is 5.52 Å². The zero-order valence-electron chi connectivity index (χ0n) is 9.26. The fraction of sp³-hybridized carbons (Fsp3) is 0.308. The summed E-state index contributed by atoms with van der Waals surface area (Å²) in [6.45, 7) is 0. The van der Waals surface area contributed by atoms with Crippen molar-refractivity contribution >= 4 is 16.9 Å². The molecule has 1 aliphatic rings. The second-order valence-corrected chi connectivity index (χ2v) is 4.50. The molecule has 0 aliphatic carbocycles. The molecule has 0 spiro atoms. The van der Waals surface area contributed by atoms with Crippen LogP contribution in [0.15, 0.2) is 24.3 Å². The lowest BCUT2D eigenvalue weighted by atomic mass is 10.0. The first-order valence-corrected chi connectivity index (χ1v) is 5.72. The van der Waals surface area contributed by atoms with E-state index in [1.807, 2.05) is 16.7 Å². The van der Waals surface area contributed by atoms with Gasteiger partial charge < -0.3 is 14.8 Å². The minimum atomic E-state index is -0.799. The standard InChI is InChI=1S/C13H13NO3/c15-10-5-4-8-6-9-2-1-3-11(13(16)17)14(9)12(8)7-10/h4-7,11,15H,1-3H2,(H,16,17). The normalized spacial score (nSPS) is 19.2. The van der Waals surface area contributed by atoms with Gasteiger partial charge in [-0.1, -0.05) is 0 Å². The van der Waals surface area contributed by atoms with Crippen molar-refractivity contribution in [3.05, 3.63) is 30.0 Å². The minimum Gasteiger partial charge on any atom is -0.508 e. The molecule has 88 valence electrons. The number of phenolic OH excluding ortho intramolecular Hbond substituents is 1. The number of carboxylic acid groups (broad SMARTS) is 1. The SMILES string of the molecule is O=C(O)C1CCCc2cc3ccc(O)cc3n21. The molecule has 1 unspecified atom stereocenters. The molecular weight excluding hydrogens is 218 g/mol. The number of carbonyl (C=O) groups is 1. The Morgan fingerprint density at radius 1 is 1.35 bits per heavy atom. The number of fused-ring (bicyclic) bond motifs is 3. The van der Waals surface area contributed by atoms with Crippen LogP contribution < -0.4 is 0 Å². The Labute approximate surface area is 98.1 Å². The van der Waals surface area contributed by atoms with E-state index in [1.54, 1.807) is 12.1 Å². The number of phenols is 1. The Hall–Kier alpha value is -1.97. The number of aryl methyl sites for hydroxylation is 1. The Balaban J connectivity index is 2.29. The summed E-state index contributed by atoms with van der Waals surface area (Å²) in [6.07, 6.45) is 2.46. The predicted molar refractivity (Wildman–Crippen MR) is 63.2 cm³/mol. The smallest absolute Gasteiger partial charge is 0.326 e. The molecule has 1 aliphatic heterocycles. The van der Waals surface area contributed by atoms with Gasteiger partial charge in [-0.15, -0.1) is 0 Å². The van der Waals surface area contributed by atoms with Crippen LogP contribution in [0, 0.1) is 0 Å². The van der Waals surface area contributed by atoms with Gasteiger partial charge in [0, 0.05) is 17.1 Å². The Morgan fingerprint density at radius 3 is 2.94 bits per heavy atom. The molecule has 0 saturated carbocycles. The van der Waals surface area contributed by atoms with Crippen molar-refractivity contribution in [2.24, 2.45) is 0 Å². The van der Waals surface area contributed by atoms with Crippen LogP contribution in [-0.4, -0.2) is 20.7 Å². The maximum atomic E-state index is 11.3. The molecule has 1 aromatic heterocycles. The van der Waals surface area contributed by atoms with E-state index < -0.39 is 12.0 Å². The maximum absolute atomic E-state index is 11.3. The van der Waals surface area contributed by atoms with Crippen molar-refractivity contribution in [3.63, 3.8) is 0 Å². The third-order valence-corrected chi connectivity index (χ3v) is 3.41. The number of aromatic nitrogens is 1. The largest absolute Gasteiger partial charge is 0.508 e. The summed E-state index contributed by atoms with van der Waals surface area (Å²) in [5.74, 6) is -0.625. The highest BCUT2D eigenvalue weighted by Gasteiger charge is 2.27. The first-order chi connectivity index (χ1) is 8.16. The van der Waals surface area contributed by atoms with Gasteiger partial charge in [0.15, 0.2) is 0 Å². The number of hydrogen-bond donors (Lipinski definition) is 2. The highest BCUT2D eigenvalue weighted by Crippen LogP contribution is 2.33. The van der Waals surface area contributed by atoms with Crippen LogP contribution in [0.5, 0.6) is 5.75 Å². The van der Waals surface area contributed by atoms with Crippen LogP contribution in [0.25, 0.3) is 10.9 Å². The average Bonchev–Trinajstić information content (AvgIpc) is 2.66. The van der Waals surface area contributed by atoms with Crippen molar-refractivity contribution in [2.75, 3.05) is 0 Å². The number of nitrogens with zero attached hydrogens (tertiary/aromatic N) is 1. The molecule has 0 amide bonds. The molecule has 1 atom stereocenters. The average molecular weight is 231 g/mol. The summed E-state index contributed by atoms with van der Waals surface area (Å²) in [6, 6.07) is 6.61. The summed E-state index contributed by atoms with van der Waals surface area (Å²) in [7, 11) is 0. The molecule has 17 heavy (non-hydrogen) atoms. The lowest BCUT2D eigenvalue weighted by molar-refractivity contribution is -0.141. The Kier molecular flexibility index (Phi) is 2.11. The quantitative estimate of drug-likeness (QED) is 0.791. The van der Waals surface area contributed by atoms with E-state index in [2.05, 4.69) is 0 Å². The first-order valence-electron chi connectivity index (χ1n) is 5.72. The highest BCUT2D eigenvalue weighted by atomic mass is 16.4. The van der Waals surface area contributed by atoms with E-state index in [9.17, 15) is 15.0 Å². The van der Waals surface area contributed by atoms with Gasteiger partial charge >= 0.3 is 5.97 Å². The minimum absolute atomic E-state index is 0.174. The van der Waals surface area contributed by atoms with Crippen LogP contribution in [-0.2, 0) is 11.2 Å². The molecule has 0 bridgehead atoms. The van der Waals surface area contributed by atoms with Crippen molar-refractivity contribution in [3.8, 4) is 5.75 Å². The summed E-state index contributed by atoms with van der Waals surface area (Å²) < 4.78 is 1.85. The van der Waals surface area contributed by atoms with E-state index in [0.29, 0.717) is 6.42 Å². The molecule has 4 nitrogen and oxygen atoms in total. The van der Waals surface area contributed by atoms with Gasteiger partial charge in [-0.05, 0) is 37.5 Å². The third kappa shape index (κ3) is 1.48. The molecule has 3 rings (SSSR count). The van der Waals surface area contributed by atoms with Crippen LogP contribution in [0.4, 0.5) is 0 Å². The summed E-state index contributed by atoms with van der Waals surface area (Å²) in [5.41, 5.74) is 1.86. The molecule has 0 saturated heterocycles. The molecule has 2 N–H and O–H groups in total. The van der Waals surface area contributed by atoms with Gasteiger partial charge in [0.25, 0.3) is 0 Å². The van der Waals surface area contributed by atoms with Crippen LogP contribution in [0.2, 0.25) is 0 Å². The van der Waals surface area contributed by atoms with Gasteiger partial charge in [0.1, 0.15) is 11.8 Å². The maximum Gasteiger partial charge on any atom is 0.326 e. The zero-order chi connectivity index (χ0) is 12.0. The van der Waals surface area contributed by atoms with Gasteiger partial charge in [-0.25, -0.2) is 4.79 Å². The van der Waals surface area contributed by atoms with Crippen LogP contribution in [0.1, 0.15) is 24.6 Å². The fourth-order valence-corrected chi connectivity index (χ4v) is 2.67. The van der Waals surface area contributed by atoms with Crippen molar-refractivity contribution < 1.29 is 15.0 Å². The van der Waals surface area contributed by atoms with Crippen molar-refractivity contribution in [1.82, 2.24) is 4.57 Å². The second kappa shape index (κ2) is 3.52. The van der Waals surface area contributed by atoms with E-state index in [-0.39, 0.29) is 5.75 Å². The Bertz CT molecular complexity index is 600. The molecule has 2 aromatic rings.